The average Bonchev–Trinajstić information content (AvgIpc) is 2.30. The number of carbonyl (C=O) groups is 1. The molecule has 1 aliphatic heterocycles. The van der Waals surface area contributed by atoms with Gasteiger partial charge in [-0.05, 0) is 18.9 Å². The molecule has 0 aromatic carbocycles. The molecule has 0 aliphatic carbocycles. The van der Waals surface area contributed by atoms with Crippen LogP contribution in [0.1, 0.15) is 22.5 Å². The molecule has 0 unspecified atom stereocenters. The van der Waals surface area contributed by atoms with E-state index in [1.165, 1.54) is 0 Å². The summed E-state index contributed by atoms with van der Waals surface area (Å²) in [5, 5.41) is 2.86. The van der Waals surface area contributed by atoms with Crippen molar-refractivity contribution in [1.29, 1.82) is 0 Å². The molecule has 1 N–H and O–H groups in total. The van der Waals surface area contributed by atoms with E-state index < -0.39 is 0 Å². The number of hydrogen-bond acceptors (Lipinski definition) is 1. The van der Waals surface area contributed by atoms with Gasteiger partial charge in [0.05, 0.1) is 5.56 Å². The van der Waals surface area contributed by atoms with Gasteiger partial charge in [-0.1, -0.05) is 0 Å². The Morgan fingerprint density at radius 2 is 2.42 bits per heavy atom. The molecular formula is C9H12N2O. The molecule has 1 aromatic heterocycles. The van der Waals surface area contributed by atoms with Crippen LogP contribution in [0.4, 0.5) is 0 Å². The molecular weight excluding hydrogens is 152 g/mol. The van der Waals surface area contributed by atoms with E-state index in [2.05, 4.69) is 5.32 Å². The fourth-order valence-corrected chi connectivity index (χ4v) is 1.63. The first-order valence-corrected chi connectivity index (χ1v) is 4.21. The molecule has 0 atom stereocenters. The lowest BCUT2D eigenvalue weighted by molar-refractivity contribution is 0.0956. The second-order valence-electron chi connectivity index (χ2n) is 3.15. The van der Waals surface area contributed by atoms with Gasteiger partial charge in [0.15, 0.2) is 0 Å². The molecule has 1 amide bonds. The molecule has 64 valence electrons. The van der Waals surface area contributed by atoms with Crippen molar-refractivity contribution in [1.82, 2.24) is 9.88 Å². The highest BCUT2D eigenvalue weighted by Gasteiger charge is 2.16. The second kappa shape index (κ2) is 2.66. The van der Waals surface area contributed by atoms with Crippen LogP contribution in [-0.4, -0.2) is 17.0 Å². The van der Waals surface area contributed by atoms with Gasteiger partial charge in [-0.2, -0.15) is 0 Å². The van der Waals surface area contributed by atoms with E-state index in [0.717, 1.165) is 30.6 Å². The van der Waals surface area contributed by atoms with E-state index in [9.17, 15) is 4.79 Å². The fourth-order valence-electron chi connectivity index (χ4n) is 1.63. The van der Waals surface area contributed by atoms with Crippen LogP contribution in [0.2, 0.25) is 0 Å². The topological polar surface area (TPSA) is 34.0 Å². The van der Waals surface area contributed by atoms with Crippen LogP contribution in [0.25, 0.3) is 0 Å². The summed E-state index contributed by atoms with van der Waals surface area (Å²) in [6, 6.07) is 1.88. The predicted octanol–water partition coefficient (Wildman–Crippen LogP) is 0.701. The Labute approximate surface area is 71.4 Å². The Morgan fingerprint density at radius 3 is 3.25 bits per heavy atom. The minimum absolute atomic E-state index is 0.0723. The third-order valence-electron chi connectivity index (χ3n) is 2.32. The normalized spacial score (nSPS) is 16.6. The third kappa shape index (κ3) is 1.02. The number of hydrogen-bond donors (Lipinski definition) is 1. The van der Waals surface area contributed by atoms with Gasteiger partial charge < -0.3 is 9.88 Å². The standard InChI is InChI=1S/C9H12N2O/c1-11-6-4-7-8(11)3-2-5-10-9(7)12/h4,6H,2-3,5H2,1H3,(H,10,12). The largest absolute Gasteiger partial charge is 0.354 e. The summed E-state index contributed by atoms with van der Waals surface area (Å²) >= 11 is 0. The summed E-state index contributed by atoms with van der Waals surface area (Å²) in [5.74, 6) is 0.0723. The number of fused-ring (bicyclic) bond motifs is 1. The van der Waals surface area contributed by atoms with Gasteiger partial charge in [-0.25, -0.2) is 0 Å². The Kier molecular flexibility index (Phi) is 1.64. The molecule has 0 radical (unpaired) electrons. The Bertz CT molecular complexity index is 314. The second-order valence-corrected chi connectivity index (χ2v) is 3.15. The molecule has 0 fully saturated rings. The Morgan fingerprint density at radius 1 is 1.58 bits per heavy atom. The number of carbonyl (C=O) groups excluding carboxylic acids is 1. The smallest absolute Gasteiger partial charge is 0.253 e. The quantitative estimate of drug-likeness (QED) is 0.601. The molecule has 0 bridgehead atoms. The summed E-state index contributed by atoms with van der Waals surface area (Å²) < 4.78 is 2.03. The van der Waals surface area contributed by atoms with E-state index in [-0.39, 0.29) is 5.91 Å². The molecule has 0 spiro atoms. The molecule has 1 aromatic rings. The molecule has 12 heavy (non-hydrogen) atoms. The van der Waals surface area contributed by atoms with Crippen molar-refractivity contribution in [2.24, 2.45) is 7.05 Å². The first kappa shape index (κ1) is 7.40. The lowest BCUT2D eigenvalue weighted by Gasteiger charge is -2.00. The highest BCUT2D eigenvalue weighted by atomic mass is 16.1. The van der Waals surface area contributed by atoms with Crippen molar-refractivity contribution in [3.05, 3.63) is 23.5 Å². The lowest BCUT2D eigenvalue weighted by Crippen LogP contribution is -2.22. The van der Waals surface area contributed by atoms with Gasteiger partial charge in [-0.15, -0.1) is 0 Å². The van der Waals surface area contributed by atoms with Gasteiger partial charge in [0.25, 0.3) is 5.91 Å². The van der Waals surface area contributed by atoms with Crippen LogP contribution in [0.5, 0.6) is 0 Å². The minimum atomic E-state index is 0.0723. The maximum absolute atomic E-state index is 11.4. The molecule has 3 nitrogen and oxygen atoms in total. The molecule has 1 aliphatic rings. The summed E-state index contributed by atoms with van der Waals surface area (Å²) in [6.07, 6.45) is 3.98. The van der Waals surface area contributed by atoms with Crippen LogP contribution >= 0.6 is 0 Å². The maximum atomic E-state index is 11.4. The predicted molar refractivity (Wildman–Crippen MR) is 46.1 cm³/mol. The highest BCUT2D eigenvalue weighted by Crippen LogP contribution is 2.14. The van der Waals surface area contributed by atoms with Crippen molar-refractivity contribution in [2.45, 2.75) is 12.8 Å². The van der Waals surface area contributed by atoms with Gasteiger partial charge >= 0.3 is 0 Å². The van der Waals surface area contributed by atoms with E-state index in [1.54, 1.807) is 0 Å². The van der Waals surface area contributed by atoms with Crippen molar-refractivity contribution in [2.75, 3.05) is 6.54 Å². The first-order valence-electron chi connectivity index (χ1n) is 4.21. The fraction of sp³-hybridized carbons (Fsp3) is 0.444. The molecule has 3 heteroatoms. The summed E-state index contributed by atoms with van der Waals surface area (Å²) in [7, 11) is 1.98. The first-order chi connectivity index (χ1) is 5.79. The Balaban J connectivity index is 2.47. The van der Waals surface area contributed by atoms with Crippen molar-refractivity contribution in [3.8, 4) is 0 Å². The number of aryl methyl sites for hydroxylation is 1. The van der Waals surface area contributed by atoms with Crippen LogP contribution in [0, 0.1) is 0 Å². The van der Waals surface area contributed by atoms with Crippen LogP contribution in [-0.2, 0) is 13.5 Å². The van der Waals surface area contributed by atoms with Gasteiger partial charge in [0, 0.05) is 25.5 Å². The van der Waals surface area contributed by atoms with Crippen molar-refractivity contribution >= 4 is 5.91 Å². The van der Waals surface area contributed by atoms with Crippen LogP contribution in [0.3, 0.4) is 0 Å². The molecule has 0 saturated heterocycles. The van der Waals surface area contributed by atoms with Crippen LogP contribution in [0.15, 0.2) is 12.3 Å². The van der Waals surface area contributed by atoms with E-state index in [1.807, 2.05) is 23.9 Å². The SMILES string of the molecule is Cn1ccc2c1CCCNC2=O. The number of amides is 1. The number of nitrogens with one attached hydrogen (secondary N) is 1. The minimum Gasteiger partial charge on any atom is -0.354 e. The monoisotopic (exact) mass is 164 g/mol. The molecule has 0 saturated carbocycles. The number of nitrogens with zero attached hydrogens (tertiary/aromatic N) is 1. The van der Waals surface area contributed by atoms with Gasteiger partial charge in [0.1, 0.15) is 0 Å². The van der Waals surface area contributed by atoms with Crippen molar-refractivity contribution < 1.29 is 4.79 Å². The third-order valence-corrected chi connectivity index (χ3v) is 2.32. The number of aromatic nitrogens is 1. The molecule has 2 heterocycles. The number of rotatable bonds is 0. The van der Waals surface area contributed by atoms with E-state index in [0.29, 0.717) is 0 Å². The summed E-state index contributed by atoms with van der Waals surface area (Å²) in [5.41, 5.74) is 2.00. The zero-order valence-corrected chi connectivity index (χ0v) is 7.13. The summed E-state index contributed by atoms with van der Waals surface area (Å²) in [6.45, 7) is 0.799. The van der Waals surface area contributed by atoms with E-state index >= 15 is 0 Å². The van der Waals surface area contributed by atoms with Crippen molar-refractivity contribution in [3.63, 3.8) is 0 Å². The average molecular weight is 164 g/mol. The lowest BCUT2D eigenvalue weighted by atomic mass is 10.2. The van der Waals surface area contributed by atoms with Gasteiger partial charge in [-0.3, -0.25) is 4.79 Å². The summed E-state index contributed by atoms with van der Waals surface area (Å²) in [4.78, 5) is 11.4. The Hall–Kier alpha value is -1.25. The highest BCUT2D eigenvalue weighted by molar-refractivity contribution is 5.95. The molecule has 2 rings (SSSR count). The van der Waals surface area contributed by atoms with Gasteiger partial charge in [0.2, 0.25) is 0 Å². The maximum Gasteiger partial charge on any atom is 0.253 e. The van der Waals surface area contributed by atoms with E-state index in [4.69, 9.17) is 0 Å². The van der Waals surface area contributed by atoms with Crippen LogP contribution < -0.4 is 5.32 Å². The zero-order valence-electron chi connectivity index (χ0n) is 7.13. The zero-order chi connectivity index (χ0) is 8.55.